The third-order valence-electron chi connectivity index (χ3n) is 12.8. The van der Waals surface area contributed by atoms with Gasteiger partial charge in [0, 0.05) is 85.2 Å². The molecule has 27 heteroatoms. The Morgan fingerprint density at radius 3 is 2.19 bits per heavy atom. The van der Waals surface area contributed by atoms with Crippen molar-refractivity contribution in [3.63, 3.8) is 0 Å². The molecule has 0 radical (unpaired) electrons. The van der Waals surface area contributed by atoms with Crippen LogP contribution in [0.5, 0.6) is 0 Å². The smallest absolute Gasteiger partial charge is 0.356 e. The van der Waals surface area contributed by atoms with Crippen molar-refractivity contribution in [2.75, 3.05) is 36.8 Å². The zero-order valence-corrected chi connectivity index (χ0v) is 47.2. The molecule has 6 rings (SSSR count). The number of hydrogen-bond acceptors (Lipinski definition) is 17. The molecule has 2 aromatic carbocycles. The molecule has 0 aliphatic carbocycles. The third kappa shape index (κ3) is 17.1. The Balaban J connectivity index is 0.00000264. The summed E-state index contributed by atoms with van der Waals surface area (Å²) in [5.74, 6) is -1.29. The molecule has 2 aromatic heterocycles. The summed E-state index contributed by atoms with van der Waals surface area (Å²) >= 11 is 0.724. The van der Waals surface area contributed by atoms with Gasteiger partial charge in [-0.3, -0.25) is 28.5 Å². The van der Waals surface area contributed by atoms with E-state index in [0.717, 1.165) is 42.1 Å². The molecule has 4 aromatic rings. The summed E-state index contributed by atoms with van der Waals surface area (Å²) in [4.78, 5) is 44.3. The van der Waals surface area contributed by atoms with Crippen molar-refractivity contribution in [1.29, 1.82) is 0 Å². The average Bonchev–Trinajstić information content (AvgIpc) is 3.97. The summed E-state index contributed by atoms with van der Waals surface area (Å²) in [6.45, 7) is 11.8. The molecule has 0 atom stereocenters. The first-order valence-electron chi connectivity index (χ1n) is 24.4. The number of nitrogens with two attached hydrogens (primary N) is 1. The lowest BCUT2D eigenvalue weighted by Crippen LogP contribution is -2.28. The number of nitrogens with zero attached hydrogens (tertiary/aromatic N) is 5. The molecule has 0 unspecified atom stereocenters. The summed E-state index contributed by atoms with van der Waals surface area (Å²) in [5.41, 5.74) is 5.65. The maximum Gasteiger partial charge on any atom is 0.425 e. The lowest BCUT2D eigenvalue weighted by Gasteiger charge is -2.27. The van der Waals surface area contributed by atoms with Crippen molar-refractivity contribution < 1.29 is 65.9 Å². The Hall–Kier alpha value is -6.20. The highest BCUT2D eigenvalue weighted by atomic mass is 32.2. The Kier molecular flexibility index (Phi) is 21.2. The summed E-state index contributed by atoms with van der Waals surface area (Å²) in [5, 5.41) is 18.0. The normalized spacial score (nSPS) is 15.5. The van der Waals surface area contributed by atoms with Crippen LogP contribution in [0.3, 0.4) is 0 Å². The van der Waals surface area contributed by atoms with Crippen LogP contribution in [-0.2, 0) is 67.7 Å². The van der Waals surface area contributed by atoms with Gasteiger partial charge in [0.15, 0.2) is 5.71 Å². The van der Waals surface area contributed by atoms with Gasteiger partial charge < -0.3 is 15.5 Å². The van der Waals surface area contributed by atoms with Crippen LogP contribution in [0.15, 0.2) is 100 Å². The molecule has 6 N–H and O–H groups in total. The number of allylic oxidation sites excluding steroid dienone is 6. The topological polar surface area (TPSA) is 340 Å². The first-order chi connectivity index (χ1) is 36.0. The van der Waals surface area contributed by atoms with Crippen molar-refractivity contribution in [3.8, 4) is 0 Å². The number of hydrogen-bond donors (Lipinski definition) is 5. The van der Waals surface area contributed by atoms with E-state index in [1.165, 1.54) is 23.9 Å². The van der Waals surface area contributed by atoms with E-state index < -0.39 is 52.0 Å². The largest absolute Gasteiger partial charge is 0.425 e. The quantitative estimate of drug-likeness (QED) is 0.0246. The molecule has 22 nitrogen and oxygen atoms in total. The molecule has 2 amide bonds. The van der Waals surface area contributed by atoms with Crippen molar-refractivity contribution in [2.45, 2.75) is 112 Å². The van der Waals surface area contributed by atoms with Gasteiger partial charge in [-0.05, 0) is 81.2 Å². The Labute approximate surface area is 454 Å². The second-order valence-corrected chi connectivity index (χ2v) is 25.3. The zero-order chi connectivity index (χ0) is 56.9. The fraction of sp³-hybridized carbons (Fsp3) is 0.420. The predicted octanol–water partition coefficient (Wildman–Crippen LogP) is 5.21. The minimum atomic E-state index is -4.55. The van der Waals surface area contributed by atoms with E-state index >= 15 is 0 Å². The Bertz CT molecular complexity index is 3440. The van der Waals surface area contributed by atoms with Crippen LogP contribution < -0.4 is 20.7 Å². The molecule has 77 heavy (non-hydrogen) atoms. The standard InChI is InChI=1S/C50H62N8O11S4.O3S/c1-6-7-28-57-41-15-11-10-14-38(41)49(2,3)43(57)23-18-34(19-24-44-50(4,5)39-32-37(73(67,68)69)20-22-42(39)58(44)29-13-30-71(62,63)64)40-21-17-35(33-54-40)47(61)53-26-12-8-9-16-45(60)52-27-25-36(59)31-46-55-56-48(70-46)72(51,65)66;1-4(2)3/h10-11,14-15,17-24,32-33H,6-9,12-13,16,25-31H2,1-5H3,(H5-,51,52,53,60,61,62,63,64,65,66,67,68,69);/p+1. The van der Waals surface area contributed by atoms with E-state index in [9.17, 15) is 48.7 Å². The van der Waals surface area contributed by atoms with Gasteiger partial charge in [-0.25, -0.2) is 13.6 Å². The van der Waals surface area contributed by atoms with Crippen LogP contribution in [0.2, 0.25) is 0 Å². The van der Waals surface area contributed by atoms with E-state index in [1.54, 1.807) is 18.2 Å². The number of primary sulfonamides is 1. The number of sulfonamides is 1. The van der Waals surface area contributed by atoms with E-state index in [1.807, 2.05) is 49.1 Å². The summed E-state index contributed by atoms with van der Waals surface area (Å²) in [7, 11) is -15.9. The van der Waals surface area contributed by atoms with Crippen molar-refractivity contribution in [2.24, 2.45) is 5.14 Å². The fourth-order valence-corrected chi connectivity index (χ4v) is 11.4. The SMILES string of the molecule is CCCC[N+]1=C(/C=C/C(=C/C=C2/N(CCCS(=O)(=O)O)c3ccc(S(=O)(=O)O)cc3C2(C)C)c2ccc(C(=O)NCCCCCC(=O)NCCC(=O)Cc3nnc(S(N)(=O)=O)s3)cn2)C(C)(C)c2ccccc21.O=S(=O)=O. The number of pyridine rings is 1. The lowest BCUT2D eigenvalue weighted by atomic mass is 9.81. The van der Waals surface area contributed by atoms with Gasteiger partial charge in [-0.1, -0.05) is 69.2 Å². The van der Waals surface area contributed by atoms with Crippen LogP contribution in [0.4, 0.5) is 11.4 Å². The van der Waals surface area contributed by atoms with Crippen LogP contribution in [0, 0.1) is 0 Å². The number of carbonyl (C=O) groups is 3. The van der Waals surface area contributed by atoms with E-state index in [2.05, 4.69) is 64.4 Å². The van der Waals surface area contributed by atoms with Gasteiger partial charge in [-0.15, -0.1) is 22.8 Å². The van der Waals surface area contributed by atoms with Gasteiger partial charge in [0.1, 0.15) is 17.3 Å². The second-order valence-electron chi connectivity index (χ2n) is 19.1. The van der Waals surface area contributed by atoms with Crippen molar-refractivity contribution in [1.82, 2.24) is 25.8 Å². The van der Waals surface area contributed by atoms with Gasteiger partial charge in [0.25, 0.3) is 36.2 Å². The first-order valence-corrected chi connectivity index (χ1v) is 30.8. The zero-order valence-electron chi connectivity index (χ0n) is 43.1. The van der Waals surface area contributed by atoms with E-state index in [0.29, 0.717) is 59.6 Å². The molecular weight excluding hydrogens is 1100 g/mol. The summed E-state index contributed by atoms with van der Waals surface area (Å²) in [6.07, 6.45) is 13.3. The van der Waals surface area contributed by atoms with Crippen LogP contribution in [0.1, 0.15) is 118 Å². The molecule has 0 spiro atoms. The lowest BCUT2D eigenvalue weighted by molar-refractivity contribution is -0.438. The molecule has 0 saturated heterocycles. The van der Waals surface area contributed by atoms with Gasteiger partial charge in [0.05, 0.1) is 33.7 Å². The number of ketones is 1. The highest BCUT2D eigenvalue weighted by Crippen LogP contribution is 2.49. The van der Waals surface area contributed by atoms with Crippen LogP contribution in [0.25, 0.3) is 5.57 Å². The number of carbonyl (C=O) groups excluding carboxylic acids is 3. The predicted molar refractivity (Wildman–Crippen MR) is 289 cm³/mol. The minimum absolute atomic E-state index is 0.0379. The van der Waals surface area contributed by atoms with Crippen molar-refractivity contribution in [3.05, 3.63) is 118 Å². The van der Waals surface area contributed by atoms with E-state index in [-0.39, 0.29) is 76.0 Å². The average molecular weight is 1160 g/mol. The van der Waals surface area contributed by atoms with Crippen LogP contribution in [-0.4, -0.2) is 122 Å². The number of amides is 2. The fourth-order valence-electron chi connectivity index (χ4n) is 8.92. The molecule has 0 bridgehead atoms. The molecular formula is C50H63N8O14S5+. The highest BCUT2D eigenvalue weighted by molar-refractivity contribution is 7.91. The number of benzene rings is 2. The van der Waals surface area contributed by atoms with Gasteiger partial charge in [-0.2, -0.15) is 21.4 Å². The van der Waals surface area contributed by atoms with Crippen LogP contribution >= 0.6 is 11.3 Å². The maximum atomic E-state index is 13.3. The number of aromatic nitrogens is 3. The Morgan fingerprint density at radius 1 is 0.844 bits per heavy atom. The number of rotatable bonds is 25. The minimum Gasteiger partial charge on any atom is -0.356 e. The molecule has 2 aliphatic heterocycles. The maximum absolute atomic E-state index is 13.3. The molecule has 0 saturated carbocycles. The molecule has 2 aliphatic rings. The van der Waals surface area contributed by atoms with Gasteiger partial charge in [0.2, 0.25) is 15.9 Å². The number of para-hydroxylation sites is 1. The van der Waals surface area contributed by atoms with Crippen molar-refractivity contribution >= 4 is 92.5 Å². The summed E-state index contributed by atoms with van der Waals surface area (Å²) < 4.78 is 118. The van der Waals surface area contributed by atoms with Gasteiger partial charge >= 0.3 is 10.6 Å². The monoisotopic (exact) mass is 1160 g/mol. The number of nitrogens with one attached hydrogen (secondary N) is 2. The summed E-state index contributed by atoms with van der Waals surface area (Å²) in [6, 6.07) is 16.1. The number of anilines is 1. The number of unbranched alkanes of at least 4 members (excludes halogenated alkanes) is 3. The molecule has 4 heterocycles. The van der Waals surface area contributed by atoms with E-state index in [4.69, 9.17) is 22.7 Å². The number of Topliss-reactive ketones (excluding diaryl/α,β-unsaturated/α-hetero) is 1. The molecule has 416 valence electrons. The second kappa shape index (κ2) is 26.4. The number of fused-ring (bicyclic) bond motifs is 2. The highest BCUT2D eigenvalue weighted by Gasteiger charge is 2.44. The first kappa shape index (κ1) is 61.7. The Morgan fingerprint density at radius 2 is 1.56 bits per heavy atom. The molecule has 0 fully saturated rings. The third-order valence-corrected chi connectivity index (χ3v) is 16.7.